The molecule has 0 spiro atoms. The van der Waals surface area contributed by atoms with Crippen molar-refractivity contribution >= 4 is 11.9 Å². The molecule has 5 aliphatic heterocycles. The monoisotopic (exact) mass is 484 g/mol. The number of carbonyl (C=O) groups is 1. The number of piperazine rings is 1. The van der Waals surface area contributed by atoms with E-state index < -0.39 is 5.60 Å². The van der Waals surface area contributed by atoms with Crippen LogP contribution in [0.1, 0.15) is 70.6 Å². The fourth-order valence-corrected chi connectivity index (χ4v) is 6.99. The number of hydrogen-bond acceptors (Lipinski definition) is 8. The van der Waals surface area contributed by atoms with Crippen LogP contribution in [0.25, 0.3) is 0 Å². The summed E-state index contributed by atoms with van der Waals surface area (Å²) in [5, 5.41) is 3.46. The second-order valence-corrected chi connectivity index (χ2v) is 12.1. The zero-order valence-corrected chi connectivity index (χ0v) is 21.5. The molecular formula is C26H40N6O3. The van der Waals surface area contributed by atoms with E-state index in [-0.39, 0.29) is 23.7 Å². The Bertz CT molecular complexity index is 955. The first-order valence-electron chi connectivity index (χ1n) is 13.6. The largest absolute Gasteiger partial charge is 0.461 e. The molecule has 1 aromatic rings. The molecule has 192 valence electrons. The van der Waals surface area contributed by atoms with Gasteiger partial charge in [-0.2, -0.15) is 9.97 Å². The molecule has 1 N–H and O–H groups in total. The Labute approximate surface area is 208 Å². The maximum atomic E-state index is 12.9. The Morgan fingerprint density at radius 3 is 2.51 bits per heavy atom. The number of nitrogens with zero attached hydrogens (tertiary/aromatic N) is 5. The van der Waals surface area contributed by atoms with Crippen LogP contribution < -0.4 is 15.0 Å². The standard InChI is InChI=1S/C26H40N6O3/c1-25(2,3)35-24(33)32-18-6-7-19(32)16-30(15-18)22-20-8-11-27-14-21(20)28-23(29-22)34-17-26-9-4-12-31(26)13-5-10-26/h18-19,27H,4-17H2,1-3H3/t18-,19-/m0/s1. The van der Waals surface area contributed by atoms with Gasteiger partial charge in [0, 0.05) is 25.2 Å². The third kappa shape index (κ3) is 4.35. The lowest BCUT2D eigenvalue weighted by Crippen LogP contribution is -2.57. The molecule has 6 heterocycles. The molecule has 0 saturated carbocycles. The third-order valence-electron chi connectivity index (χ3n) is 8.56. The van der Waals surface area contributed by atoms with Crippen molar-refractivity contribution in [2.45, 2.75) is 95.5 Å². The minimum absolute atomic E-state index is 0.157. The Kier molecular flexibility index (Phi) is 5.83. The van der Waals surface area contributed by atoms with Crippen LogP contribution >= 0.6 is 0 Å². The summed E-state index contributed by atoms with van der Waals surface area (Å²) in [5.41, 5.74) is 2.00. The van der Waals surface area contributed by atoms with Crippen molar-refractivity contribution in [2.24, 2.45) is 0 Å². The van der Waals surface area contributed by atoms with Crippen molar-refractivity contribution in [1.82, 2.24) is 25.1 Å². The average Bonchev–Trinajstić information content (AvgIpc) is 3.47. The Morgan fingerprint density at radius 2 is 1.83 bits per heavy atom. The van der Waals surface area contributed by atoms with Gasteiger partial charge in [0.1, 0.15) is 18.0 Å². The minimum atomic E-state index is -0.480. The van der Waals surface area contributed by atoms with E-state index in [1.54, 1.807) is 0 Å². The number of fused-ring (bicyclic) bond motifs is 4. The number of rotatable bonds is 4. The van der Waals surface area contributed by atoms with Crippen LogP contribution in [0.3, 0.4) is 0 Å². The maximum absolute atomic E-state index is 12.9. The second kappa shape index (κ2) is 8.76. The first-order chi connectivity index (χ1) is 16.8. The molecule has 9 nitrogen and oxygen atoms in total. The summed E-state index contributed by atoms with van der Waals surface area (Å²) in [4.78, 5) is 29.8. The molecule has 0 aromatic carbocycles. The number of aromatic nitrogens is 2. The normalized spacial score (nSPS) is 27.6. The van der Waals surface area contributed by atoms with Gasteiger partial charge in [-0.3, -0.25) is 9.80 Å². The maximum Gasteiger partial charge on any atom is 0.410 e. The van der Waals surface area contributed by atoms with E-state index in [4.69, 9.17) is 19.4 Å². The van der Waals surface area contributed by atoms with Gasteiger partial charge in [-0.15, -0.1) is 0 Å². The SMILES string of the molecule is CC(C)(C)OC(=O)N1[C@H]2CC[C@H]1CN(c1nc(OCC34CCCN3CCC4)nc3c1CCNC3)C2. The van der Waals surface area contributed by atoms with Gasteiger partial charge in [0.25, 0.3) is 0 Å². The van der Waals surface area contributed by atoms with Crippen molar-refractivity contribution < 1.29 is 14.3 Å². The van der Waals surface area contributed by atoms with E-state index in [2.05, 4.69) is 15.1 Å². The summed E-state index contributed by atoms with van der Waals surface area (Å²) in [7, 11) is 0. The zero-order chi connectivity index (χ0) is 24.2. The first kappa shape index (κ1) is 23.3. The lowest BCUT2D eigenvalue weighted by molar-refractivity contribution is 0.0122. The molecule has 1 aromatic heterocycles. The molecule has 0 radical (unpaired) electrons. The molecule has 2 atom stereocenters. The Balaban J connectivity index is 1.22. The number of amides is 1. The van der Waals surface area contributed by atoms with E-state index in [9.17, 15) is 4.79 Å². The van der Waals surface area contributed by atoms with Crippen molar-refractivity contribution in [1.29, 1.82) is 0 Å². The smallest absolute Gasteiger partial charge is 0.410 e. The molecule has 6 rings (SSSR count). The third-order valence-corrected chi connectivity index (χ3v) is 8.56. The van der Waals surface area contributed by atoms with E-state index >= 15 is 0 Å². The number of anilines is 1. The lowest BCUT2D eigenvalue weighted by atomic mass is 9.95. The number of carbonyl (C=O) groups excluding carboxylic acids is 1. The molecule has 1 amide bonds. The number of hydrogen-bond donors (Lipinski definition) is 1. The van der Waals surface area contributed by atoms with Crippen LogP contribution in [0, 0.1) is 0 Å². The fourth-order valence-electron chi connectivity index (χ4n) is 6.99. The van der Waals surface area contributed by atoms with Crippen LogP contribution in [-0.4, -0.2) is 88.4 Å². The minimum Gasteiger partial charge on any atom is -0.461 e. The summed E-state index contributed by atoms with van der Waals surface area (Å²) >= 11 is 0. The van der Waals surface area contributed by atoms with Crippen LogP contribution in [0.5, 0.6) is 6.01 Å². The van der Waals surface area contributed by atoms with Crippen molar-refractivity contribution in [3.05, 3.63) is 11.3 Å². The predicted octanol–water partition coefficient (Wildman–Crippen LogP) is 2.72. The summed E-state index contributed by atoms with van der Waals surface area (Å²) in [6.07, 6.45) is 7.70. The number of ether oxygens (including phenoxy) is 2. The van der Waals surface area contributed by atoms with Crippen molar-refractivity contribution in [2.75, 3.05) is 44.2 Å². The van der Waals surface area contributed by atoms with E-state index in [0.29, 0.717) is 12.6 Å². The molecular weight excluding hydrogens is 444 g/mol. The quantitative estimate of drug-likeness (QED) is 0.699. The van der Waals surface area contributed by atoms with Gasteiger partial charge in [0.2, 0.25) is 0 Å². The zero-order valence-electron chi connectivity index (χ0n) is 21.5. The highest BCUT2D eigenvalue weighted by molar-refractivity contribution is 5.70. The molecule has 0 unspecified atom stereocenters. The van der Waals surface area contributed by atoms with E-state index in [1.807, 2.05) is 25.7 Å². The first-order valence-corrected chi connectivity index (χ1v) is 13.6. The van der Waals surface area contributed by atoms with Gasteiger partial charge in [0.15, 0.2) is 0 Å². The van der Waals surface area contributed by atoms with Gasteiger partial charge in [-0.25, -0.2) is 4.79 Å². The van der Waals surface area contributed by atoms with Crippen LogP contribution in [-0.2, 0) is 17.7 Å². The van der Waals surface area contributed by atoms with Crippen LogP contribution in [0.4, 0.5) is 10.6 Å². The second-order valence-electron chi connectivity index (χ2n) is 12.1. The van der Waals surface area contributed by atoms with Gasteiger partial charge in [-0.1, -0.05) is 0 Å². The molecule has 4 saturated heterocycles. The topological polar surface area (TPSA) is 83.1 Å². The predicted molar refractivity (Wildman–Crippen MR) is 133 cm³/mol. The van der Waals surface area contributed by atoms with E-state index in [0.717, 1.165) is 57.0 Å². The molecule has 35 heavy (non-hydrogen) atoms. The summed E-state index contributed by atoms with van der Waals surface area (Å²) < 4.78 is 12.1. The molecule has 4 fully saturated rings. The van der Waals surface area contributed by atoms with Crippen molar-refractivity contribution in [3.8, 4) is 6.01 Å². The van der Waals surface area contributed by atoms with E-state index in [1.165, 1.54) is 44.3 Å². The Hall–Kier alpha value is -2.13. The molecule has 9 heteroatoms. The molecule has 2 bridgehead atoms. The lowest BCUT2D eigenvalue weighted by Gasteiger charge is -2.42. The summed E-state index contributed by atoms with van der Waals surface area (Å²) in [6, 6.07) is 0.826. The van der Waals surface area contributed by atoms with Crippen LogP contribution in [0.15, 0.2) is 0 Å². The van der Waals surface area contributed by atoms with Gasteiger partial charge in [-0.05, 0) is 85.4 Å². The highest BCUT2D eigenvalue weighted by Gasteiger charge is 2.46. The van der Waals surface area contributed by atoms with Crippen LogP contribution in [0.2, 0.25) is 0 Å². The molecule has 5 aliphatic rings. The van der Waals surface area contributed by atoms with Gasteiger partial charge in [0.05, 0.1) is 23.3 Å². The van der Waals surface area contributed by atoms with Gasteiger partial charge >= 0.3 is 12.1 Å². The highest BCUT2D eigenvalue weighted by Crippen LogP contribution is 2.40. The fraction of sp³-hybridized carbons (Fsp3) is 0.808. The Morgan fingerprint density at radius 1 is 1.11 bits per heavy atom. The summed E-state index contributed by atoms with van der Waals surface area (Å²) in [5.74, 6) is 1.01. The average molecular weight is 485 g/mol. The molecule has 0 aliphatic carbocycles. The van der Waals surface area contributed by atoms with Gasteiger partial charge < -0.3 is 19.7 Å². The number of nitrogens with one attached hydrogen (secondary N) is 1. The summed E-state index contributed by atoms with van der Waals surface area (Å²) in [6.45, 7) is 12.1. The van der Waals surface area contributed by atoms with Crippen molar-refractivity contribution in [3.63, 3.8) is 0 Å². The highest BCUT2D eigenvalue weighted by atomic mass is 16.6.